The highest BCUT2D eigenvalue weighted by atomic mass is 15.1. The van der Waals surface area contributed by atoms with Crippen LogP contribution in [0.4, 0.5) is 17.1 Å². The smallest absolute Gasteiger partial charge is 0.0702 e. The zero-order valence-corrected chi connectivity index (χ0v) is 23.8. The molecule has 7 aromatic rings. The van der Waals surface area contributed by atoms with Crippen LogP contribution in [0, 0.1) is 0 Å². The molecule has 0 spiro atoms. The van der Waals surface area contributed by atoms with E-state index in [-0.39, 0.29) is 5.41 Å². The monoisotopic (exact) mass is 538 g/mol. The van der Waals surface area contributed by atoms with Crippen LogP contribution >= 0.6 is 0 Å². The van der Waals surface area contributed by atoms with E-state index in [0.29, 0.717) is 0 Å². The standard InChI is InChI=1S/C40H30N2/c1-40(2)35-15-8-7-14-34(35)39-36(40)16-10-18-38(39)42(32-12-4-3-5-13-32)33-22-21-27-19-20-28(23-30(27)25-33)31-24-29-11-6-9-17-37(29)41-26-31/h3-26H,1-2H3. The fraction of sp³-hybridized carbons (Fsp3) is 0.0750. The maximum absolute atomic E-state index is 4.72. The molecule has 0 bridgehead atoms. The van der Waals surface area contributed by atoms with Gasteiger partial charge < -0.3 is 4.90 Å². The second-order valence-electron chi connectivity index (χ2n) is 11.7. The van der Waals surface area contributed by atoms with Gasteiger partial charge >= 0.3 is 0 Å². The number of fused-ring (bicyclic) bond motifs is 5. The highest BCUT2D eigenvalue weighted by Crippen LogP contribution is 2.54. The van der Waals surface area contributed by atoms with Crippen molar-refractivity contribution in [3.8, 4) is 22.3 Å². The van der Waals surface area contributed by atoms with Gasteiger partial charge in [0.1, 0.15) is 0 Å². The Labute approximate surface area is 246 Å². The van der Waals surface area contributed by atoms with Crippen molar-refractivity contribution in [1.29, 1.82) is 0 Å². The Bertz CT molecular complexity index is 2120. The van der Waals surface area contributed by atoms with Crippen LogP contribution in [0.25, 0.3) is 43.9 Å². The zero-order valence-electron chi connectivity index (χ0n) is 23.8. The van der Waals surface area contributed by atoms with E-state index in [0.717, 1.165) is 27.8 Å². The van der Waals surface area contributed by atoms with E-state index in [2.05, 4.69) is 152 Å². The van der Waals surface area contributed by atoms with E-state index < -0.39 is 0 Å². The topological polar surface area (TPSA) is 16.1 Å². The molecule has 42 heavy (non-hydrogen) atoms. The molecule has 0 N–H and O–H groups in total. The Hall–Kier alpha value is -5.21. The number of aromatic nitrogens is 1. The number of hydrogen-bond donors (Lipinski definition) is 0. The SMILES string of the molecule is CC1(C)c2ccccc2-c2c(N(c3ccccc3)c3ccc4ccc(-c5cnc6ccccc6c5)cc4c3)cccc21. The molecule has 0 aliphatic heterocycles. The van der Waals surface area contributed by atoms with Gasteiger partial charge in [-0.25, -0.2) is 0 Å². The van der Waals surface area contributed by atoms with E-state index in [9.17, 15) is 0 Å². The molecule has 1 aliphatic carbocycles. The van der Waals surface area contributed by atoms with Crippen molar-refractivity contribution in [1.82, 2.24) is 4.98 Å². The minimum Gasteiger partial charge on any atom is -0.310 e. The lowest BCUT2D eigenvalue weighted by molar-refractivity contribution is 0.660. The molecule has 6 aromatic carbocycles. The van der Waals surface area contributed by atoms with Crippen LogP contribution in [0.2, 0.25) is 0 Å². The summed E-state index contributed by atoms with van der Waals surface area (Å²) in [6.45, 7) is 4.68. The number of benzene rings is 6. The van der Waals surface area contributed by atoms with Gasteiger partial charge in [-0.05, 0) is 81.6 Å². The molecular formula is C40H30N2. The summed E-state index contributed by atoms with van der Waals surface area (Å²) < 4.78 is 0. The summed E-state index contributed by atoms with van der Waals surface area (Å²) in [7, 11) is 0. The first-order valence-electron chi connectivity index (χ1n) is 14.6. The van der Waals surface area contributed by atoms with Gasteiger partial charge in [0, 0.05) is 39.5 Å². The molecule has 1 aromatic heterocycles. The van der Waals surface area contributed by atoms with Crippen molar-refractivity contribution in [3.05, 3.63) is 157 Å². The summed E-state index contributed by atoms with van der Waals surface area (Å²) >= 11 is 0. The van der Waals surface area contributed by atoms with Gasteiger partial charge in [-0.3, -0.25) is 4.98 Å². The summed E-state index contributed by atoms with van der Waals surface area (Å²) in [6.07, 6.45) is 1.98. The summed E-state index contributed by atoms with van der Waals surface area (Å²) in [5.41, 5.74) is 12.1. The average Bonchev–Trinajstić information content (AvgIpc) is 3.28. The van der Waals surface area contributed by atoms with Crippen molar-refractivity contribution in [2.45, 2.75) is 19.3 Å². The molecule has 2 nitrogen and oxygen atoms in total. The van der Waals surface area contributed by atoms with Crippen LogP contribution in [-0.4, -0.2) is 4.98 Å². The molecule has 200 valence electrons. The lowest BCUT2D eigenvalue weighted by atomic mass is 9.82. The van der Waals surface area contributed by atoms with Gasteiger partial charge in [-0.2, -0.15) is 0 Å². The van der Waals surface area contributed by atoms with Crippen molar-refractivity contribution in [3.63, 3.8) is 0 Å². The Morgan fingerprint density at radius 2 is 1.26 bits per heavy atom. The third-order valence-corrected chi connectivity index (χ3v) is 8.85. The van der Waals surface area contributed by atoms with Gasteiger partial charge in [0.05, 0.1) is 11.2 Å². The van der Waals surface area contributed by atoms with E-state index in [4.69, 9.17) is 4.98 Å². The van der Waals surface area contributed by atoms with Crippen LogP contribution in [-0.2, 0) is 5.41 Å². The van der Waals surface area contributed by atoms with E-state index >= 15 is 0 Å². The molecule has 2 heteroatoms. The van der Waals surface area contributed by atoms with Gasteiger partial charge in [0.15, 0.2) is 0 Å². The maximum Gasteiger partial charge on any atom is 0.0702 e. The van der Waals surface area contributed by atoms with Crippen molar-refractivity contribution in [2.75, 3.05) is 4.90 Å². The first kappa shape index (κ1) is 24.6. The first-order valence-corrected chi connectivity index (χ1v) is 14.6. The molecule has 1 aliphatic rings. The van der Waals surface area contributed by atoms with Crippen LogP contribution in [0.3, 0.4) is 0 Å². The number of rotatable bonds is 4. The number of anilines is 3. The molecule has 0 amide bonds. The summed E-state index contributed by atoms with van der Waals surface area (Å²) in [6, 6.07) is 50.4. The van der Waals surface area contributed by atoms with Crippen LogP contribution < -0.4 is 4.90 Å². The largest absolute Gasteiger partial charge is 0.310 e. The minimum atomic E-state index is -0.0591. The summed E-state index contributed by atoms with van der Waals surface area (Å²) in [4.78, 5) is 7.14. The highest BCUT2D eigenvalue weighted by molar-refractivity contribution is 5.97. The Morgan fingerprint density at radius 1 is 0.524 bits per heavy atom. The lowest BCUT2D eigenvalue weighted by Gasteiger charge is -2.29. The third kappa shape index (κ3) is 3.83. The average molecular weight is 539 g/mol. The number of nitrogens with zero attached hydrogens (tertiary/aromatic N) is 2. The zero-order chi connectivity index (χ0) is 28.3. The molecule has 0 atom stereocenters. The van der Waals surface area contributed by atoms with Crippen molar-refractivity contribution in [2.24, 2.45) is 0 Å². The Morgan fingerprint density at radius 3 is 2.17 bits per heavy atom. The highest BCUT2D eigenvalue weighted by Gasteiger charge is 2.37. The second kappa shape index (κ2) is 9.43. The van der Waals surface area contributed by atoms with E-state index in [1.807, 2.05) is 12.3 Å². The molecule has 0 saturated heterocycles. The van der Waals surface area contributed by atoms with Crippen LogP contribution in [0.1, 0.15) is 25.0 Å². The number of hydrogen-bond acceptors (Lipinski definition) is 2. The fourth-order valence-corrected chi connectivity index (χ4v) is 6.71. The number of para-hydroxylation sites is 2. The van der Waals surface area contributed by atoms with Gasteiger partial charge in [0.2, 0.25) is 0 Å². The minimum absolute atomic E-state index is 0.0591. The fourth-order valence-electron chi connectivity index (χ4n) is 6.71. The second-order valence-corrected chi connectivity index (χ2v) is 11.7. The van der Waals surface area contributed by atoms with Crippen molar-refractivity contribution >= 4 is 38.7 Å². The van der Waals surface area contributed by atoms with Crippen LogP contribution in [0.5, 0.6) is 0 Å². The molecule has 0 radical (unpaired) electrons. The molecular weight excluding hydrogens is 508 g/mol. The van der Waals surface area contributed by atoms with Crippen LogP contribution in [0.15, 0.2) is 146 Å². The molecule has 1 heterocycles. The Balaban J connectivity index is 1.32. The third-order valence-electron chi connectivity index (χ3n) is 8.85. The first-order chi connectivity index (χ1) is 20.6. The van der Waals surface area contributed by atoms with E-state index in [1.54, 1.807) is 0 Å². The van der Waals surface area contributed by atoms with Crippen molar-refractivity contribution < 1.29 is 0 Å². The molecule has 0 saturated carbocycles. The van der Waals surface area contributed by atoms with Gasteiger partial charge in [0.25, 0.3) is 0 Å². The predicted octanol–water partition coefficient (Wildman–Crippen LogP) is 10.8. The normalized spacial score (nSPS) is 13.2. The summed E-state index contributed by atoms with van der Waals surface area (Å²) in [5.74, 6) is 0. The Kier molecular flexibility index (Phi) is 5.52. The lowest BCUT2D eigenvalue weighted by Crippen LogP contribution is -2.16. The maximum atomic E-state index is 4.72. The van der Waals surface area contributed by atoms with Gasteiger partial charge in [-0.15, -0.1) is 0 Å². The molecule has 8 rings (SSSR count). The van der Waals surface area contributed by atoms with E-state index in [1.165, 1.54) is 44.3 Å². The predicted molar refractivity (Wildman–Crippen MR) is 177 cm³/mol. The number of pyridine rings is 1. The molecule has 0 unspecified atom stereocenters. The summed E-state index contributed by atoms with van der Waals surface area (Å²) in [5, 5.41) is 3.57. The molecule has 0 fully saturated rings. The quantitative estimate of drug-likeness (QED) is 0.222. The van der Waals surface area contributed by atoms with Gasteiger partial charge in [-0.1, -0.05) is 105 Å².